The topological polar surface area (TPSA) is 62.2 Å². The first-order valence-electron chi connectivity index (χ1n) is 5.58. The summed E-state index contributed by atoms with van der Waals surface area (Å²) >= 11 is 4.91. The monoisotopic (exact) mass is 320 g/mol. The summed E-state index contributed by atoms with van der Waals surface area (Å²) in [4.78, 5) is 15.5. The van der Waals surface area contributed by atoms with Gasteiger partial charge in [-0.15, -0.1) is 11.3 Å². The molecule has 17 heavy (non-hydrogen) atoms. The molecule has 0 spiro atoms. The van der Waals surface area contributed by atoms with Gasteiger partial charge in [-0.1, -0.05) is 13.8 Å². The van der Waals surface area contributed by atoms with Gasteiger partial charge < -0.3 is 10.4 Å². The van der Waals surface area contributed by atoms with Crippen LogP contribution in [-0.4, -0.2) is 22.6 Å². The summed E-state index contributed by atoms with van der Waals surface area (Å²) in [5.74, 6) is -0.727. The molecule has 0 aromatic carbocycles. The predicted octanol–water partition coefficient (Wildman–Crippen LogP) is 2.89. The number of rotatable bonds is 7. The van der Waals surface area contributed by atoms with Crippen LogP contribution in [0.2, 0.25) is 0 Å². The highest BCUT2D eigenvalue weighted by molar-refractivity contribution is 9.11. The van der Waals surface area contributed by atoms with Crippen molar-refractivity contribution in [2.24, 2.45) is 5.41 Å². The van der Waals surface area contributed by atoms with E-state index >= 15 is 0 Å². The zero-order valence-electron chi connectivity index (χ0n) is 9.99. The number of carboxylic acids is 1. The fourth-order valence-electron chi connectivity index (χ4n) is 1.66. The van der Waals surface area contributed by atoms with E-state index in [0.717, 1.165) is 8.79 Å². The zero-order valence-corrected chi connectivity index (χ0v) is 12.4. The van der Waals surface area contributed by atoms with Gasteiger partial charge in [0.05, 0.1) is 15.4 Å². The van der Waals surface area contributed by atoms with Crippen molar-refractivity contribution in [2.75, 3.05) is 6.54 Å². The van der Waals surface area contributed by atoms with Crippen molar-refractivity contribution in [3.05, 3.63) is 15.0 Å². The van der Waals surface area contributed by atoms with Crippen molar-refractivity contribution < 1.29 is 9.90 Å². The molecule has 0 saturated carbocycles. The molecular weight excluding hydrogens is 304 g/mol. The van der Waals surface area contributed by atoms with E-state index in [9.17, 15) is 9.90 Å². The molecule has 2 N–H and O–H groups in total. The lowest BCUT2D eigenvalue weighted by atomic mass is 9.82. The molecule has 1 heterocycles. The van der Waals surface area contributed by atoms with Crippen molar-refractivity contribution >= 4 is 33.2 Å². The third-order valence-electron chi connectivity index (χ3n) is 3.07. The van der Waals surface area contributed by atoms with E-state index in [1.165, 1.54) is 0 Å². The summed E-state index contributed by atoms with van der Waals surface area (Å²) in [6.45, 7) is 4.93. The Hall–Kier alpha value is -0.460. The number of aromatic nitrogens is 1. The average Bonchev–Trinajstić information content (AvgIpc) is 2.70. The first-order valence-corrected chi connectivity index (χ1v) is 7.19. The van der Waals surface area contributed by atoms with Crippen LogP contribution in [-0.2, 0) is 11.3 Å². The second-order valence-corrected chi connectivity index (χ2v) is 6.45. The van der Waals surface area contributed by atoms with E-state index < -0.39 is 11.4 Å². The molecule has 0 radical (unpaired) electrons. The van der Waals surface area contributed by atoms with Gasteiger partial charge in [0.25, 0.3) is 0 Å². The van der Waals surface area contributed by atoms with Crippen LogP contribution >= 0.6 is 27.3 Å². The number of aliphatic carboxylic acids is 1. The Morgan fingerprint density at radius 3 is 2.65 bits per heavy atom. The van der Waals surface area contributed by atoms with Gasteiger partial charge in [0.2, 0.25) is 0 Å². The average molecular weight is 321 g/mol. The summed E-state index contributed by atoms with van der Waals surface area (Å²) in [7, 11) is 0. The number of carboxylic acid groups (broad SMARTS) is 1. The van der Waals surface area contributed by atoms with E-state index in [-0.39, 0.29) is 0 Å². The van der Waals surface area contributed by atoms with Gasteiger partial charge in [0.1, 0.15) is 5.01 Å². The number of hydrogen-bond donors (Lipinski definition) is 2. The smallest absolute Gasteiger partial charge is 0.310 e. The summed E-state index contributed by atoms with van der Waals surface area (Å²) in [5.41, 5.74) is -0.658. The third-order valence-corrected chi connectivity index (χ3v) is 4.55. The molecule has 1 aromatic rings. The highest BCUT2D eigenvalue weighted by Gasteiger charge is 2.34. The molecular formula is C11H17BrN2O2S. The molecule has 0 aliphatic carbocycles. The number of nitrogens with one attached hydrogen (secondary N) is 1. The molecule has 0 saturated heterocycles. The van der Waals surface area contributed by atoms with Gasteiger partial charge >= 0.3 is 5.97 Å². The van der Waals surface area contributed by atoms with Crippen LogP contribution in [0.3, 0.4) is 0 Å². The number of nitrogens with zero attached hydrogens (tertiary/aromatic N) is 1. The fourth-order valence-corrected chi connectivity index (χ4v) is 2.93. The summed E-state index contributed by atoms with van der Waals surface area (Å²) in [6.07, 6.45) is 3.02. The van der Waals surface area contributed by atoms with Gasteiger partial charge in [-0.3, -0.25) is 4.79 Å². The van der Waals surface area contributed by atoms with Gasteiger partial charge in [0, 0.05) is 13.1 Å². The minimum atomic E-state index is -0.727. The van der Waals surface area contributed by atoms with Gasteiger partial charge in [-0.25, -0.2) is 4.98 Å². The lowest BCUT2D eigenvalue weighted by Gasteiger charge is -2.26. The third kappa shape index (κ3) is 3.76. The summed E-state index contributed by atoms with van der Waals surface area (Å²) in [6, 6.07) is 0. The van der Waals surface area contributed by atoms with Crippen LogP contribution in [0.4, 0.5) is 0 Å². The number of hydrogen-bond acceptors (Lipinski definition) is 4. The predicted molar refractivity (Wildman–Crippen MR) is 72.2 cm³/mol. The second-order valence-electron chi connectivity index (χ2n) is 3.95. The molecule has 0 atom stereocenters. The molecule has 0 aliphatic rings. The van der Waals surface area contributed by atoms with Crippen LogP contribution in [0.15, 0.2) is 9.98 Å². The maximum absolute atomic E-state index is 11.3. The molecule has 0 fully saturated rings. The van der Waals surface area contributed by atoms with Crippen molar-refractivity contribution in [3.8, 4) is 0 Å². The molecule has 0 unspecified atom stereocenters. The lowest BCUT2D eigenvalue weighted by Crippen LogP contribution is -2.39. The van der Waals surface area contributed by atoms with E-state index in [2.05, 4.69) is 26.2 Å². The first-order chi connectivity index (χ1) is 8.04. The van der Waals surface area contributed by atoms with Crippen molar-refractivity contribution in [1.82, 2.24) is 10.3 Å². The minimum Gasteiger partial charge on any atom is -0.481 e. The van der Waals surface area contributed by atoms with Crippen LogP contribution in [0.5, 0.6) is 0 Å². The van der Waals surface area contributed by atoms with E-state index in [1.54, 1.807) is 17.5 Å². The minimum absolute atomic E-state index is 0.479. The quantitative estimate of drug-likeness (QED) is 0.811. The van der Waals surface area contributed by atoms with Crippen molar-refractivity contribution in [3.63, 3.8) is 0 Å². The Bertz CT molecular complexity index is 377. The Labute approximate surface area is 114 Å². The van der Waals surface area contributed by atoms with Gasteiger partial charge in [-0.05, 0) is 28.8 Å². The number of halogens is 1. The Kier molecular flexibility index (Phi) is 5.55. The van der Waals surface area contributed by atoms with Crippen LogP contribution in [0, 0.1) is 5.41 Å². The molecule has 0 amide bonds. The Balaban J connectivity index is 2.50. The summed E-state index contributed by atoms with van der Waals surface area (Å²) < 4.78 is 0.991. The van der Waals surface area contributed by atoms with Crippen LogP contribution in [0.25, 0.3) is 0 Å². The normalized spacial score (nSPS) is 11.7. The first kappa shape index (κ1) is 14.6. The maximum atomic E-state index is 11.3. The van der Waals surface area contributed by atoms with Crippen molar-refractivity contribution in [1.29, 1.82) is 0 Å². The van der Waals surface area contributed by atoms with Crippen LogP contribution < -0.4 is 5.32 Å². The fraction of sp³-hybridized carbons (Fsp3) is 0.636. The molecule has 4 nitrogen and oxygen atoms in total. The molecule has 96 valence electrons. The summed E-state index contributed by atoms with van der Waals surface area (Å²) in [5, 5.41) is 13.4. The molecule has 0 bridgehead atoms. The van der Waals surface area contributed by atoms with Gasteiger partial charge in [0.15, 0.2) is 0 Å². The Morgan fingerprint density at radius 2 is 2.24 bits per heavy atom. The van der Waals surface area contributed by atoms with Crippen LogP contribution in [0.1, 0.15) is 31.7 Å². The number of carbonyl (C=O) groups is 1. The van der Waals surface area contributed by atoms with Gasteiger partial charge in [-0.2, -0.15) is 0 Å². The van der Waals surface area contributed by atoms with Crippen molar-refractivity contribution in [2.45, 2.75) is 33.2 Å². The highest BCUT2D eigenvalue weighted by Crippen LogP contribution is 2.26. The maximum Gasteiger partial charge on any atom is 0.310 e. The molecule has 6 heteroatoms. The van der Waals surface area contributed by atoms with E-state index in [4.69, 9.17) is 0 Å². The zero-order chi connectivity index (χ0) is 12.9. The SMILES string of the molecule is CCC(CC)(CNCc1ncc(Br)s1)C(=O)O. The largest absolute Gasteiger partial charge is 0.481 e. The molecule has 0 aliphatic heterocycles. The van der Waals surface area contributed by atoms with E-state index in [0.29, 0.717) is 25.9 Å². The highest BCUT2D eigenvalue weighted by atomic mass is 79.9. The molecule has 1 rings (SSSR count). The van der Waals surface area contributed by atoms with E-state index in [1.807, 2.05) is 13.8 Å². The molecule has 1 aromatic heterocycles. The number of thiazole rings is 1. The second kappa shape index (κ2) is 6.47. The standard InChI is InChI=1S/C11H17BrN2O2S/c1-3-11(4-2,10(15)16)7-13-6-9-14-5-8(12)17-9/h5,13H,3-4,6-7H2,1-2H3,(H,15,16). The Morgan fingerprint density at radius 1 is 1.59 bits per heavy atom. The lowest BCUT2D eigenvalue weighted by molar-refractivity contribution is -0.149.